The molecule has 3 unspecified atom stereocenters. The van der Waals surface area contributed by atoms with Crippen molar-refractivity contribution in [2.75, 3.05) is 6.61 Å². The molecular weight excluding hydrogens is 257 g/mol. The summed E-state index contributed by atoms with van der Waals surface area (Å²) in [5.74, 6) is -1.55. The SMILES string of the molecule is O=P(O)(O)C1CCOC1P(=O)(O)OCl. The zero-order chi connectivity index (χ0) is 11.0. The summed E-state index contributed by atoms with van der Waals surface area (Å²) in [7, 11) is -8.80. The first kappa shape index (κ1) is 12.6. The lowest BCUT2D eigenvalue weighted by atomic mass is 10.4. The molecule has 0 aliphatic carbocycles. The van der Waals surface area contributed by atoms with Crippen LogP contribution in [0.2, 0.25) is 0 Å². The maximum atomic E-state index is 11.2. The minimum atomic E-state index is -4.47. The average Bonchev–Trinajstić information content (AvgIpc) is 2.51. The van der Waals surface area contributed by atoms with Gasteiger partial charge in [-0.2, -0.15) is 4.08 Å². The summed E-state index contributed by atoms with van der Waals surface area (Å²) in [6, 6.07) is 0. The highest BCUT2D eigenvalue weighted by molar-refractivity contribution is 7.58. The smallest absolute Gasteiger partial charge is 0.364 e. The predicted octanol–water partition coefficient (Wildman–Crippen LogP) is 0.635. The van der Waals surface area contributed by atoms with Crippen LogP contribution < -0.4 is 0 Å². The first-order chi connectivity index (χ1) is 6.29. The van der Waals surface area contributed by atoms with Gasteiger partial charge in [-0.1, -0.05) is 0 Å². The molecule has 3 atom stereocenters. The molecule has 1 fully saturated rings. The van der Waals surface area contributed by atoms with Crippen LogP contribution in [0.15, 0.2) is 0 Å². The van der Waals surface area contributed by atoms with E-state index >= 15 is 0 Å². The van der Waals surface area contributed by atoms with Gasteiger partial charge < -0.3 is 19.4 Å². The summed E-state index contributed by atoms with van der Waals surface area (Å²) in [6.07, 6.45) is -0.000255. The van der Waals surface area contributed by atoms with Crippen molar-refractivity contribution in [3.05, 3.63) is 0 Å². The van der Waals surface area contributed by atoms with E-state index in [2.05, 4.69) is 4.08 Å². The van der Waals surface area contributed by atoms with E-state index in [1.165, 1.54) is 0 Å². The molecule has 1 aliphatic heterocycles. The van der Waals surface area contributed by atoms with Gasteiger partial charge in [0.2, 0.25) is 0 Å². The Kier molecular flexibility index (Phi) is 3.78. The maximum Gasteiger partial charge on any atom is 0.373 e. The number of halogens is 1. The number of rotatable bonds is 3. The quantitative estimate of drug-likeness (QED) is 0.642. The maximum absolute atomic E-state index is 11.2. The molecule has 1 rings (SSSR count). The summed E-state index contributed by atoms with van der Waals surface area (Å²) in [6.45, 7) is -0.00869. The lowest BCUT2D eigenvalue weighted by molar-refractivity contribution is 0.141. The molecule has 10 heteroatoms. The van der Waals surface area contributed by atoms with E-state index in [1.807, 2.05) is 0 Å². The lowest BCUT2D eigenvalue weighted by Crippen LogP contribution is -2.21. The highest BCUT2D eigenvalue weighted by atomic mass is 35.5. The average molecular weight is 267 g/mol. The predicted molar refractivity (Wildman–Crippen MR) is 47.0 cm³/mol. The van der Waals surface area contributed by atoms with E-state index in [9.17, 15) is 9.13 Å². The molecule has 84 valence electrons. The van der Waals surface area contributed by atoms with Crippen LogP contribution in [0.5, 0.6) is 0 Å². The fraction of sp³-hybridized carbons (Fsp3) is 1.00. The molecule has 1 heterocycles. The normalized spacial score (nSPS) is 32.9. The summed E-state index contributed by atoms with van der Waals surface area (Å²) in [4.78, 5) is 26.8. The zero-order valence-electron chi connectivity index (χ0n) is 6.82. The van der Waals surface area contributed by atoms with Crippen molar-refractivity contribution in [1.29, 1.82) is 0 Å². The fourth-order valence-corrected chi connectivity index (χ4v) is 4.33. The van der Waals surface area contributed by atoms with Crippen LogP contribution in [0, 0.1) is 0 Å². The Morgan fingerprint density at radius 2 is 1.93 bits per heavy atom. The second-order valence-electron chi connectivity index (χ2n) is 2.84. The number of hydrogen-bond acceptors (Lipinski definition) is 4. The van der Waals surface area contributed by atoms with Crippen molar-refractivity contribution >= 4 is 27.1 Å². The molecule has 0 saturated carbocycles. The fourth-order valence-electron chi connectivity index (χ4n) is 1.25. The second-order valence-corrected chi connectivity index (χ2v) is 6.87. The molecule has 0 aromatic rings. The summed E-state index contributed by atoms with van der Waals surface area (Å²) >= 11 is 4.74. The topological polar surface area (TPSA) is 113 Å². The van der Waals surface area contributed by atoms with Gasteiger partial charge in [-0.3, -0.25) is 9.13 Å². The summed E-state index contributed by atoms with van der Waals surface area (Å²) < 4.78 is 30.6. The van der Waals surface area contributed by atoms with E-state index in [0.717, 1.165) is 0 Å². The Morgan fingerprint density at radius 3 is 2.36 bits per heavy atom. The van der Waals surface area contributed by atoms with Crippen LogP contribution in [-0.4, -0.2) is 32.8 Å². The highest BCUT2D eigenvalue weighted by Crippen LogP contribution is 2.61. The van der Waals surface area contributed by atoms with Crippen molar-refractivity contribution < 1.29 is 32.6 Å². The third-order valence-electron chi connectivity index (χ3n) is 1.88. The minimum Gasteiger partial charge on any atom is -0.364 e. The van der Waals surface area contributed by atoms with Gasteiger partial charge in [-0.05, 0) is 6.42 Å². The Labute approximate surface area is 84.8 Å². The molecule has 0 bridgehead atoms. The monoisotopic (exact) mass is 266 g/mol. The van der Waals surface area contributed by atoms with Gasteiger partial charge in [-0.25, -0.2) is 0 Å². The van der Waals surface area contributed by atoms with E-state index in [-0.39, 0.29) is 13.0 Å². The Morgan fingerprint density at radius 1 is 1.36 bits per heavy atom. The highest BCUT2D eigenvalue weighted by Gasteiger charge is 2.51. The van der Waals surface area contributed by atoms with Crippen molar-refractivity contribution in [2.24, 2.45) is 0 Å². The first-order valence-corrected chi connectivity index (χ1v) is 7.22. The molecule has 0 aromatic carbocycles. The number of hydrogen-bond donors (Lipinski definition) is 3. The van der Waals surface area contributed by atoms with Gasteiger partial charge in [0.05, 0.1) is 11.9 Å². The summed E-state index contributed by atoms with van der Waals surface area (Å²) in [5, 5.41) is 0. The van der Waals surface area contributed by atoms with Crippen LogP contribution >= 0.6 is 27.1 Å². The third-order valence-corrected chi connectivity index (χ3v) is 5.46. The minimum absolute atomic E-state index is 0.000255. The molecule has 14 heavy (non-hydrogen) atoms. The van der Waals surface area contributed by atoms with Crippen molar-refractivity contribution in [1.82, 2.24) is 0 Å². The first-order valence-electron chi connectivity index (χ1n) is 3.58. The van der Waals surface area contributed by atoms with Gasteiger partial charge in [0.15, 0.2) is 5.85 Å². The van der Waals surface area contributed by atoms with Crippen molar-refractivity contribution in [3.8, 4) is 0 Å². The molecule has 0 spiro atoms. The lowest BCUT2D eigenvalue weighted by Gasteiger charge is -2.21. The van der Waals surface area contributed by atoms with E-state index in [1.54, 1.807) is 0 Å². The zero-order valence-corrected chi connectivity index (χ0v) is 9.36. The van der Waals surface area contributed by atoms with E-state index in [0.29, 0.717) is 0 Å². The van der Waals surface area contributed by atoms with Crippen molar-refractivity contribution in [3.63, 3.8) is 0 Å². The molecular formula is C4H9ClO7P2. The molecule has 0 radical (unpaired) electrons. The van der Waals surface area contributed by atoms with Crippen LogP contribution in [0.4, 0.5) is 0 Å². The van der Waals surface area contributed by atoms with Gasteiger partial charge in [0, 0.05) is 6.61 Å². The Bertz CT molecular complexity index is 300. The van der Waals surface area contributed by atoms with Crippen LogP contribution in [0.1, 0.15) is 6.42 Å². The van der Waals surface area contributed by atoms with E-state index in [4.69, 9.17) is 31.3 Å². The van der Waals surface area contributed by atoms with Gasteiger partial charge >= 0.3 is 15.2 Å². The Balaban J connectivity index is 2.90. The van der Waals surface area contributed by atoms with Crippen LogP contribution in [0.25, 0.3) is 0 Å². The van der Waals surface area contributed by atoms with Gasteiger partial charge in [-0.15, -0.1) is 0 Å². The molecule has 1 aliphatic rings. The summed E-state index contributed by atoms with van der Waals surface area (Å²) in [5.41, 5.74) is -1.34. The van der Waals surface area contributed by atoms with Crippen molar-refractivity contribution in [2.45, 2.75) is 17.9 Å². The molecule has 1 saturated heterocycles. The third kappa shape index (κ3) is 2.56. The molecule has 7 nitrogen and oxygen atoms in total. The molecule has 0 aromatic heterocycles. The van der Waals surface area contributed by atoms with Gasteiger partial charge in [0.25, 0.3) is 0 Å². The largest absolute Gasteiger partial charge is 0.373 e. The Hall–Kier alpha value is 0.550. The molecule has 0 amide bonds. The second kappa shape index (κ2) is 4.20. The molecule has 3 N–H and O–H groups in total. The van der Waals surface area contributed by atoms with Gasteiger partial charge in [0.1, 0.15) is 5.66 Å². The van der Waals surface area contributed by atoms with Crippen LogP contribution in [-0.2, 0) is 17.9 Å². The van der Waals surface area contributed by atoms with E-state index < -0.39 is 26.7 Å². The standard InChI is InChI=1S/C4H9ClO7P2/c5-12-14(9,10)4-3(1-2-11-4)13(6,7)8/h3-4H,1-2H2,(H,9,10)(H2,6,7,8). The number of ether oxygens (including phenoxy) is 1. The van der Waals surface area contributed by atoms with Crippen LogP contribution in [0.3, 0.4) is 0 Å².